The van der Waals surface area contributed by atoms with Crippen molar-refractivity contribution < 1.29 is 14.3 Å². The van der Waals surface area contributed by atoms with Crippen molar-refractivity contribution in [3.8, 4) is 5.75 Å². The van der Waals surface area contributed by atoms with E-state index in [9.17, 15) is 4.79 Å². The van der Waals surface area contributed by atoms with Crippen LogP contribution in [0.1, 0.15) is 55.8 Å². The quantitative estimate of drug-likeness (QED) is 0.424. The predicted molar refractivity (Wildman–Crippen MR) is 81.1 cm³/mol. The Morgan fingerprint density at radius 2 is 1.85 bits per heavy atom. The number of benzene rings is 1. The number of para-hydroxylation sites is 1. The van der Waals surface area contributed by atoms with Crippen molar-refractivity contribution in [2.24, 2.45) is 0 Å². The van der Waals surface area contributed by atoms with E-state index in [1.165, 1.54) is 32.8 Å². The van der Waals surface area contributed by atoms with Crippen LogP contribution >= 0.6 is 0 Å². The summed E-state index contributed by atoms with van der Waals surface area (Å²) in [7, 11) is 1.35. The van der Waals surface area contributed by atoms with Crippen LogP contribution < -0.4 is 10.5 Å². The maximum Gasteiger partial charge on any atom is 0.341 e. The number of hydrogen-bond acceptors (Lipinski definition) is 4. The van der Waals surface area contributed by atoms with E-state index in [4.69, 9.17) is 15.2 Å². The summed E-state index contributed by atoms with van der Waals surface area (Å²) in [6, 6.07) is 5.11. The third-order valence-corrected chi connectivity index (χ3v) is 3.20. The summed E-state index contributed by atoms with van der Waals surface area (Å²) in [4.78, 5) is 11.6. The number of carbonyl (C=O) groups excluding carboxylic acids is 1. The first kappa shape index (κ1) is 16.3. The van der Waals surface area contributed by atoms with Crippen LogP contribution in [0.15, 0.2) is 18.2 Å². The monoisotopic (exact) mass is 279 g/mol. The highest BCUT2D eigenvalue weighted by Gasteiger charge is 2.15. The van der Waals surface area contributed by atoms with Gasteiger partial charge in [0.05, 0.1) is 19.4 Å². The van der Waals surface area contributed by atoms with Gasteiger partial charge in [-0.3, -0.25) is 0 Å². The molecule has 0 unspecified atom stereocenters. The first-order valence-corrected chi connectivity index (χ1v) is 7.30. The molecule has 0 radical (unpaired) electrons. The lowest BCUT2D eigenvalue weighted by Gasteiger charge is -2.12. The van der Waals surface area contributed by atoms with Gasteiger partial charge in [-0.15, -0.1) is 0 Å². The normalized spacial score (nSPS) is 10.3. The summed E-state index contributed by atoms with van der Waals surface area (Å²) in [5.41, 5.74) is 6.72. The molecule has 0 spiro atoms. The van der Waals surface area contributed by atoms with E-state index in [0.29, 0.717) is 23.6 Å². The SMILES string of the molecule is CCCCCCCCOc1c(N)cccc1C(=O)OC. The number of esters is 1. The van der Waals surface area contributed by atoms with Crippen LogP contribution in [0.5, 0.6) is 5.75 Å². The van der Waals surface area contributed by atoms with Gasteiger partial charge in [0.25, 0.3) is 0 Å². The molecule has 0 aromatic heterocycles. The van der Waals surface area contributed by atoms with Gasteiger partial charge >= 0.3 is 5.97 Å². The molecule has 0 amide bonds. The van der Waals surface area contributed by atoms with Gasteiger partial charge in [0, 0.05) is 0 Å². The van der Waals surface area contributed by atoms with Gasteiger partial charge in [-0.05, 0) is 18.6 Å². The van der Waals surface area contributed by atoms with Crippen LogP contribution in [0.25, 0.3) is 0 Å². The molecule has 2 N–H and O–H groups in total. The molecule has 0 aliphatic carbocycles. The van der Waals surface area contributed by atoms with Gasteiger partial charge in [-0.25, -0.2) is 4.79 Å². The fourth-order valence-corrected chi connectivity index (χ4v) is 2.04. The third-order valence-electron chi connectivity index (χ3n) is 3.20. The van der Waals surface area contributed by atoms with Gasteiger partial charge in [0.2, 0.25) is 0 Å². The van der Waals surface area contributed by atoms with Crippen molar-refractivity contribution >= 4 is 11.7 Å². The summed E-state index contributed by atoms with van der Waals surface area (Å²) in [6.45, 7) is 2.78. The number of nitrogen functional groups attached to an aromatic ring is 1. The maximum atomic E-state index is 11.6. The molecule has 4 heteroatoms. The smallest absolute Gasteiger partial charge is 0.341 e. The number of hydrogen-bond donors (Lipinski definition) is 1. The molecule has 112 valence electrons. The minimum Gasteiger partial charge on any atom is -0.491 e. The number of ether oxygens (including phenoxy) is 2. The van der Waals surface area contributed by atoms with Gasteiger partial charge < -0.3 is 15.2 Å². The Labute approximate surface area is 121 Å². The summed E-state index contributed by atoms with van der Waals surface area (Å²) in [6.07, 6.45) is 7.15. The van der Waals surface area contributed by atoms with Crippen molar-refractivity contribution in [3.63, 3.8) is 0 Å². The second-order valence-electron chi connectivity index (χ2n) is 4.83. The number of rotatable bonds is 9. The van der Waals surface area contributed by atoms with E-state index in [1.54, 1.807) is 18.2 Å². The molecule has 0 heterocycles. The minimum absolute atomic E-state index is 0.387. The Morgan fingerprint density at radius 3 is 2.55 bits per heavy atom. The number of methoxy groups -OCH3 is 1. The fourth-order valence-electron chi connectivity index (χ4n) is 2.04. The second-order valence-corrected chi connectivity index (χ2v) is 4.83. The summed E-state index contributed by atoms with van der Waals surface area (Å²) < 4.78 is 10.4. The predicted octanol–water partition coefficient (Wildman–Crippen LogP) is 3.79. The molecule has 0 bridgehead atoms. The van der Waals surface area contributed by atoms with E-state index in [-0.39, 0.29) is 0 Å². The molecule has 0 aliphatic heterocycles. The van der Waals surface area contributed by atoms with Gasteiger partial charge in [0.1, 0.15) is 5.56 Å². The zero-order valence-corrected chi connectivity index (χ0v) is 12.5. The van der Waals surface area contributed by atoms with Crippen LogP contribution in [-0.4, -0.2) is 19.7 Å². The largest absolute Gasteiger partial charge is 0.491 e. The molecule has 1 aromatic rings. The molecular weight excluding hydrogens is 254 g/mol. The zero-order chi connectivity index (χ0) is 14.8. The van der Waals surface area contributed by atoms with Gasteiger partial charge in [-0.1, -0.05) is 45.1 Å². The van der Waals surface area contributed by atoms with Crippen LogP contribution in [0.2, 0.25) is 0 Å². The lowest BCUT2D eigenvalue weighted by molar-refractivity contribution is 0.0596. The van der Waals surface area contributed by atoms with Crippen LogP contribution in [0, 0.1) is 0 Å². The molecule has 0 atom stereocenters. The summed E-state index contributed by atoms with van der Waals surface area (Å²) >= 11 is 0. The highest BCUT2D eigenvalue weighted by atomic mass is 16.5. The Hall–Kier alpha value is -1.71. The summed E-state index contributed by atoms with van der Waals surface area (Å²) in [5, 5.41) is 0. The molecule has 4 nitrogen and oxygen atoms in total. The number of unbranched alkanes of at least 4 members (excludes halogenated alkanes) is 5. The molecule has 1 aromatic carbocycles. The van der Waals surface area contributed by atoms with Crippen LogP contribution in [0.4, 0.5) is 5.69 Å². The number of carbonyl (C=O) groups is 1. The van der Waals surface area contributed by atoms with Crippen molar-refractivity contribution in [3.05, 3.63) is 23.8 Å². The molecular formula is C16H25NO3. The molecule has 0 saturated carbocycles. The van der Waals surface area contributed by atoms with Crippen LogP contribution in [0.3, 0.4) is 0 Å². The molecule has 0 fully saturated rings. The topological polar surface area (TPSA) is 61.5 Å². The van der Waals surface area contributed by atoms with Gasteiger partial charge in [0.15, 0.2) is 5.75 Å². The average molecular weight is 279 g/mol. The Bertz CT molecular complexity index is 418. The molecule has 0 saturated heterocycles. The second kappa shape index (κ2) is 9.23. The average Bonchev–Trinajstić information content (AvgIpc) is 2.46. The first-order valence-electron chi connectivity index (χ1n) is 7.30. The fraction of sp³-hybridized carbons (Fsp3) is 0.562. The Morgan fingerprint density at radius 1 is 1.15 bits per heavy atom. The maximum absolute atomic E-state index is 11.6. The summed E-state index contributed by atoms with van der Waals surface area (Å²) in [5.74, 6) is 0.0168. The van der Waals surface area contributed by atoms with E-state index in [2.05, 4.69) is 6.92 Å². The van der Waals surface area contributed by atoms with E-state index < -0.39 is 5.97 Å². The van der Waals surface area contributed by atoms with Crippen molar-refractivity contribution in [2.45, 2.75) is 45.4 Å². The number of anilines is 1. The van der Waals surface area contributed by atoms with Crippen molar-refractivity contribution in [1.82, 2.24) is 0 Å². The minimum atomic E-state index is -0.421. The number of nitrogens with two attached hydrogens (primary N) is 1. The Kier molecular flexibility index (Phi) is 7.55. The lowest BCUT2D eigenvalue weighted by Crippen LogP contribution is -2.08. The Balaban J connectivity index is 2.45. The van der Waals surface area contributed by atoms with Gasteiger partial charge in [-0.2, -0.15) is 0 Å². The molecule has 20 heavy (non-hydrogen) atoms. The van der Waals surface area contributed by atoms with Crippen molar-refractivity contribution in [1.29, 1.82) is 0 Å². The first-order chi connectivity index (χ1) is 9.70. The van der Waals surface area contributed by atoms with Crippen molar-refractivity contribution in [2.75, 3.05) is 19.5 Å². The molecule has 1 rings (SSSR count). The van der Waals surface area contributed by atoms with E-state index in [1.807, 2.05) is 0 Å². The zero-order valence-electron chi connectivity index (χ0n) is 12.5. The van der Waals surface area contributed by atoms with E-state index >= 15 is 0 Å². The standard InChI is InChI=1S/C16H25NO3/c1-3-4-5-6-7-8-12-20-15-13(16(18)19-2)10-9-11-14(15)17/h9-11H,3-8,12,17H2,1-2H3. The highest BCUT2D eigenvalue weighted by Crippen LogP contribution is 2.27. The third kappa shape index (κ3) is 5.11. The lowest BCUT2D eigenvalue weighted by atomic mass is 10.1. The van der Waals surface area contributed by atoms with E-state index in [0.717, 1.165) is 12.8 Å². The van der Waals surface area contributed by atoms with Crippen LogP contribution in [-0.2, 0) is 4.74 Å². The highest BCUT2D eigenvalue weighted by molar-refractivity contribution is 5.94. The molecule has 0 aliphatic rings.